The summed E-state index contributed by atoms with van der Waals surface area (Å²) in [5, 5.41) is 2.83. The number of alkyl halides is 3. The van der Waals surface area contributed by atoms with Gasteiger partial charge in [0.2, 0.25) is 5.56 Å². The van der Waals surface area contributed by atoms with Gasteiger partial charge in [-0.2, -0.15) is 13.2 Å². The molecule has 1 atom stereocenters. The molecule has 0 bridgehead atoms. The molecule has 1 aromatic heterocycles. The summed E-state index contributed by atoms with van der Waals surface area (Å²) in [6, 6.07) is 11.5. The highest BCUT2D eigenvalue weighted by Crippen LogP contribution is 2.29. The summed E-state index contributed by atoms with van der Waals surface area (Å²) >= 11 is 0. The van der Waals surface area contributed by atoms with E-state index in [1.54, 1.807) is 24.3 Å². The molecule has 0 aliphatic carbocycles. The second-order valence-corrected chi connectivity index (χ2v) is 6.20. The number of para-hydroxylation sites is 1. The first kappa shape index (κ1) is 20.1. The molecule has 0 spiro atoms. The first-order chi connectivity index (χ1) is 13.6. The number of esters is 1. The van der Waals surface area contributed by atoms with Crippen molar-refractivity contribution in [3.63, 3.8) is 0 Å². The van der Waals surface area contributed by atoms with E-state index in [9.17, 15) is 27.6 Å². The van der Waals surface area contributed by atoms with Gasteiger partial charge in [0.1, 0.15) is 0 Å². The first-order valence-electron chi connectivity index (χ1n) is 8.46. The van der Waals surface area contributed by atoms with Gasteiger partial charge < -0.3 is 15.0 Å². The van der Waals surface area contributed by atoms with Gasteiger partial charge in [-0.15, -0.1) is 0 Å². The fraction of sp³-hybridized carbons (Fsp3) is 0.150. The summed E-state index contributed by atoms with van der Waals surface area (Å²) in [4.78, 5) is 39.0. The number of halogens is 3. The maximum atomic E-state index is 12.6. The van der Waals surface area contributed by atoms with Gasteiger partial charge in [-0.05, 0) is 37.3 Å². The summed E-state index contributed by atoms with van der Waals surface area (Å²) < 4.78 is 42.9. The average molecular weight is 404 g/mol. The lowest BCUT2D eigenvalue weighted by Crippen LogP contribution is -2.30. The number of hydrogen-bond donors (Lipinski definition) is 2. The second kappa shape index (κ2) is 7.78. The van der Waals surface area contributed by atoms with Crippen LogP contribution in [-0.4, -0.2) is 23.0 Å². The number of rotatable bonds is 4. The largest absolute Gasteiger partial charge is 0.449 e. The number of ether oxygens (including phenoxy) is 1. The number of H-pyrrole nitrogens is 1. The number of hydrogen-bond acceptors (Lipinski definition) is 4. The maximum Gasteiger partial charge on any atom is 0.416 e. The number of benzene rings is 2. The van der Waals surface area contributed by atoms with E-state index in [4.69, 9.17) is 4.74 Å². The summed E-state index contributed by atoms with van der Waals surface area (Å²) in [6.45, 7) is 1.31. The van der Waals surface area contributed by atoms with Crippen LogP contribution in [0, 0.1) is 0 Å². The van der Waals surface area contributed by atoms with Crippen LogP contribution < -0.4 is 10.9 Å². The molecule has 0 fully saturated rings. The van der Waals surface area contributed by atoms with Crippen LogP contribution in [0.5, 0.6) is 0 Å². The van der Waals surface area contributed by atoms with E-state index in [1.165, 1.54) is 6.92 Å². The summed E-state index contributed by atoms with van der Waals surface area (Å²) in [5.74, 6) is -1.60. The van der Waals surface area contributed by atoms with Crippen molar-refractivity contribution < 1.29 is 27.5 Å². The Bertz CT molecular complexity index is 1120. The fourth-order valence-electron chi connectivity index (χ4n) is 2.64. The standard InChI is InChI=1S/C20H15F3N2O4/c1-11(18(27)24-13-8-6-12(7-9-13)20(21,22)23)29-19(28)15-10-17(26)25-16-5-3-2-4-14(15)16/h2-11H,1H3,(H,24,27)(H,25,26)/t11-/m1/s1. The highest BCUT2D eigenvalue weighted by Gasteiger charge is 2.30. The Kier molecular flexibility index (Phi) is 5.40. The van der Waals surface area contributed by atoms with Crippen LogP contribution in [0.1, 0.15) is 22.8 Å². The Morgan fingerprint density at radius 3 is 2.38 bits per heavy atom. The molecule has 1 amide bonds. The van der Waals surface area contributed by atoms with Gasteiger partial charge in [-0.25, -0.2) is 4.79 Å². The van der Waals surface area contributed by atoms with Crippen LogP contribution in [0.25, 0.3) is 10.9 Å². The minimum Gasteiger partial charge on any atom is -0.449 e. The quantitative estimate of drug-likeness (QED) is 0.649. The van der Waals surface area contributed by atoms with Crippen molar-refractivity contribution in [3.05, 3.63) is 76.1 Å². The van der Waals surface area contributed by atoms with Crippen LogP contribution in [0.2, 0.25) is 0 Å². The van der Waals surface area contributed by atoms with E-state index in [2.05, 4.69) is 10.3 Å². The van der Waals surface area contributed by atoms with Gasteiger partial charge in [-0.3, -0.25) is 9.59 Å². The zero-order valence-corrected chi connectivity index (χ0v) is 15.0. The minimum absolute atomic E-state index is 0.00136. The Morgan fingerprint density at radius 2 is 1.72 bits per heavy atom. The molecule has 3 aromatic rings. The SMILES string of the molecule is C[C@@H](OC(=O)c1cc(=O)[nH]c2ccccc12)C(=O)Nc1ccc(C(F)(F)F)cc1. The molecule has 0 saturated heterocycles. The van der Waals surface area contributed by atoms with Crippen LogP contribution in [0.15, 0.2) is 59.4 Å². The van der Waals surface area contributed by atoms with E-state index in [1.807, 2.05) is 0 Å². The molecule has 1 heterocycles. The zero-order chi connectivity index (χ0) is 21.2. The molecule has 6 nitrogen and oxygen atoms in total. The van der Waals surface area contributed by atoms with Gasteiger partial charge in [0.25, 0.3) is 5.91 Å². The maximum absolute atomic E-state index is 12.6. The predicted octanol–water partition coefficient (Wildman–Crippen LogP) is 3.73. The van der Waals surface area contributed by atoms with E-state index in [-0.39, 0.29) is 11.3 Å². The Hall–Kier alpha value is -3.62. The second-order valence-electron chi connectivity index (χ2n) is 6.20. The molecule has 0 aliphatic heterocycles. The third-order valence-corrected chi connectivity index (χ3v) is 4.10. The van der Waals surface area contributed by atoms with E-state index >= 15 is 0 Å². The monoisotopic (exact) mass is 404 g/mol. The molecule has 0 unspecified atom stereocenters. The number of anilines is 1. The number of carbonyl (C=O) groups excluding carboxylic acids is 2. The molecule has 2 N–H and O–H groups in total. The fourth-order valence-corrected chi connectivity index (χ4v) is 2.64. The van der Waals surface area contributed by atoms with Crippen molar-refractivity contribution in [2.45, 2.75) is 19.2 Å². The summed E-state index contributed by atoms with van der Waals surface area (Å²) in [6.07, 6.45) is -5.73. The van der Waals surface area contributed by atoms with E-state index < -0.39 is 35.3 Å². The third-order valence-electron chi connectivity index (χ3n) is 4.10. The Labute approximate surface area is 162 Å². The number of nitrogens with one attached hydrogen (secondary N) is 2. The lowest BCUT2D eigenvalue weighted by molar-refractivity contribution is -0.137. The topological polar surface area (TPSA) is 88.3 Å². The van der Waals surface area contributed by atoms with Gasteiger partial charge >= 0.3 is 12.1 Å². The number of fused-ring (bicyclic) bond motifs is 1. The van der Waals surface area contributed by atoms with Crippen molar-refractivity contribution in [2.75, 3.05) is 5.32 Å². The van der Waals surface area contributed by atoms with Crippen molar-refractivity contribution in [1.82, 2.24) is 4.98 Å². The van der Waals surface area contributed by atoms with Crippen LogP contribution in [0.4, 0.5) is 18.9 Å². The zero-order valence-electron chi connectivity index (χ0n) is 15.0. The number of pyridine rings is 1. The molecule has 2 aromatic carbocycles. The van der Waals surface area contributed by atoms with Crippen molar-refractivity contribution in [2.24, 2.45) is 0 Å². The lowest BCUT2D eigenvalue weighted by atomic mass is 10.1. The summed E-state index contributed by atoms with van der Waals surface area (Å²) in [5.41, 5.74) is -0.798. The lowest BCUT2D eigenvalue weighted by Gasteiger charge is -2.15. The number of carbonyl (C=O) groups is 2. The Balaban J connectivity index is 1.71. The summed E-state index contributed by atoms with van der Waals surface area (Å²) in [7, 11) is 0. The van der Waals surface area contributed by atoms with Gasteiger partial charge in [0.15, 0.2) is 6.10 Å². The van der Waals surface area contributed by atoms with Crippen LogP contribution in [-0.2, 0) is 15.7 Å². The van der Waals surface area contributed by atoms with Gasteiger partial charge in [0, 0.05) is 22.7 Å². The first-order valence-corrected chi connectivity index (χ1v) is 8.46. The van der Waals surface area contributed by atoms with Crippen molar-refractivity contribution in [3.8, 4) is 0 Å². The molecular weight excluding hydrogens is 389 g/mol. The van der Waals surface area contributed by atoms with Crippen molar-refractivity contribution >= 4 is 28.5 Å². The molecule has 3 rings (SSSR count). The molecule has 29 heavy (non-hydrogen) atoms. The van der Waals surface area contributed by atoms with Crippen molar-refractivity contribution in [1.29, 1.82) is 0 Å². The normalized spacial score (nSPS) is 12.4. The molecule has 0 radical (unpaired) electrons. The molecule has 0 saturated carbocycles. The van der Waals surface area contributed by atoms with E-state index in [0.717, 1.165) is 30.3 Å². The molecule has 0 aliphatic rings. The molecular formula is C20H15F3N2O4. The van der Waals surface area contributed by atoms with Gasteiger partial charge in [-0.1, -0.05) is 18.2 Å². The molecule has 150 valence electrons. The smallest absolute Gasteiger partial charge is 0.416 e. The highest BCUT2D eigenvalue weighted by molar-refractivity contribution is 6.04. The van der Waals surface area contributed by atoms with E-state index in [0.29, 0.717) is 10.9 Å². The molecule has 9 heteroatoms. The van der Waals surface area contributed by atoms with Gasteiger partial charge in [0.05, 0.1) is 11.1 Å². The number of amides is 1. The third kappa shape index (κ3) is 4.63. The minimum atomic E-state index is -4.48. The predicted molar refractivity (Wildman–Crippen MR) is 99.5 cm³/mol. The Morgan fingerprint density at radius 1 is 1.07 bits per heavy atom. The number of aromatic nitrogens is 1. The highest BCUT2D eigenvalue weighted by atomic mass is 19.4. The van der Waals surface area contributed by atoms with Crippen LogP contribution >= 0.6 is 0 Å². The number of aromatic amines is 1. The average Bonchev–Trinajstić information content (AvgIpc) is 2.66. The van der Waals surface area contributed by atoms with Crippen LogP contribution in [0.3, 0.4) is 0 Å².